The predicted octanol–water partition coefficient (Wildman–Crippen LogP) is 1.55. The fourth-order valence-electron chi connectivity index (χ4n) is 0.971. The topological polar surface area (TPSA) is 77.8 Å². The van der Waals surface area contributed by atoms with Gasteiger partial charge in [-0.05, 0) is 15.9 Å². The highest BCUT2D eigenvalue weighted by atomic mass is 79.9. The number of hydrogen-bond donors (Lipinski definition) is 3. The molecule has 0 aliphatic heterocycles. The predicted molar refractivity (Wildman–Crippen MR) is 48.3 cm³/mol. The van der Waals surface area contributed by atoms with E-state index in [1.165, 1.54) is 0 Å². The molecule has 4 nitrogen and oxygen atoms in total. The number of rotatable bonds is 2. The van der Waals surface area contributed by atoms with Crippen LogP contribution in [0.2, 0.25) is 0 Å². The Hall–Kier alpha value is -1.21. The minimum atomic E-state index is -2.32. The van der Waals surface area contributed by atoms with Crippen LogP contribution >= 0.6 is 15.9 Å². The van der Waals surface area contributed by atoms with Crippen molar-refractivity contribution in [1.29, 1.82) is 0 Å². The summed E-state index contributed by atoms with van der Waals surface area (Å²) in [5.74, 6) is -5.18. The van der Waals surface area contributed by atoms with Crippen LogP contribution in [0.3, 0.4) is 0 Å². The molecule has 0 saturated carbocycles. The van der Waals surface area contributed by atoms with E-state index in [1.54, 1.807) is 0 Å². The molecule has 0 aromatic heterocycles. The lowest BCUT2D eigenvalue weighted by molar-refractivity contribution is -0.147. The summed E-state index contributed by atoms with van der Waals surface area (Å²) in [5, 5.41) is 26.3. The first kappa shape index (κ1) is 11.9. The number of hydrogen-bond acceptors (Lipinski definition) is 3. The monoisotopic (exact) mass is 282 g/mol. The second kappa shape index (κ2) is 4.11. The van der Waals surface area contributed by atoms with Crippen molar-refractivity contribution in [1.82, 2.24) is 0 Å². The molecule has 1 rings (SSSR count). The molecule has 0 aliphatic carbocycles. The summed E-state index contributed by atoms with van der Waals surface area (Å²) < 4.78 is 25.8. The number of aliphatic carboxylic acids is 1. The Balaban J connectivity index is 3.42. The number of aliphatic hydroxyl groups is 1. The fourth-order valence-corrected chi connectivity index (χ4v) is 1.30. The quantitative estimate of drug-likeness (QED) is 0.720. The van der Waals surface area contributed by atoms with E-state index in [4.69, 9.17) is 15.3 Å². The van der Waals surface area contributed by atoms with Gasteiger partial charge in [-0.25, -0.2) is 13.6 Å². The van der Waals surface area contributed by atoms with Crippen molar-refractivity contribution in [3.63, 3.8) is 0 Å². The number of carbonyl (C=O) groups is 1. The van der Waals surface area contributed by atoms with Crippen LogP contribution in [-0.2, 0) is 4.79 Å². The molecule has 1 aromatic rings. The zero-order valence-electron chi connectivity index (χ0n) is 7.04. The molecule has 7 heteroatoms. The fraction of sp³-hybridized carbons (Fsp3) is 0.125. The average molecular weight is 283 g/mol. The summed E-state index contributed by atoms with van der Waals surface area (Å²) in [6.45, 7) is 0. The van der Waals surface area contributed by atoms with Crippen molar-refractivity contribution in [2.75, 3.05) is 0 Å². The summed E-state index contributed by atoms with van der Waals surface area (Å²) in [5.41, 5.74) is -1.02. The molecule has 0 heterocycles. The van der Waals surface area contributed by atoms with Crippen LogP contribution in [0.25, 0.3) is 0 Å². The highest BCUT2D eigenvalue weighted by Gasteiger charge is 2.27. The molecule has 0 saturated heterocycles. The van der Waals surface area contributed by atoms with Gasteiger partial charge in [-0.3, -0.25) is 0 Å². The van der Waals surface area contributed by atoms with E-state index in [0.717, 1.165) is 0 Å². The third kappa shape index (κ3) is 2.07. The van der Waals surface area contributed by atoms with Gasteiger partial charge in [0, 0.05) is 6.07 Å². The Kier molecular flexibility index (Phi) is 3.25. The van der Waals surface area contributed by atoms with Gasteiger partial charge in [0.2, 0.25) is 0 Å². The molecule has 0 aliphatic rings. The maximum absolute atomic E-state index is 13.3. The van der Waals surface area contributed by atoms with Gasteiger partial charge in [0.05, 0.1) is 10.0 Å². The van der Waals surface area contributed by atoms with Gasteiger partial charge in [0.1, 0.15) is 17.4 Å². The zero-order valence-corrected chi connectivity index (χ0v) is 8.62. The van der Waals surface area contributed by atoms with Crippen LogP contribution in [0, 0.1) is 11.6 Å². The number of carboxylic acids is 1. The highest BCUT2D eigenvalue weighted by Crippen LogP contribution is 2.33. The summed E-state index contributed by atoms with van der Waals surface area (Å²) in [6, 6.07) is 0.509. The Morgan fingerprint density at radius 3 is 2.47 bits per heavy atom. The summed E-state index contributed by atoms with van der Waals surface area (Å²) in [6.07, 6.45) is -2.32. The maximum atomic E-state index is 13.3. The summed E-state index contributed by atoms with van der Waals surface area (Å²) in [7, 11) is 0. The summed E-state index contributed by atoms with van der Waals surface area (Å²) in [4.78, 5) is 10.3. The van der Waals surface area contributed by atoms with Crippen molar-refractivity contribution in [2.45, 2.75) is 6.10 Å². The van der Waals surface area contributed by atoms with Crippen molar-refractivity contribution < 1.29 is 28.9 Å². The number of aromatic hydroxyl groups is 1. The van der Waals surface area contributed by atoms with Gasteiger partial charge < -0.3 is 15.3 Å². The average Bonchev–Trinajstić information content (AvgIpc) is 2.14. The van der Waals surface area contributed by atoms with Gasteiger partial charge in [0.25, 0.3) is 0 Å². The van der Waals surface area contributed by atoms with E-state index in [2.05, 4.69) is 15.9 Å². The van der Waals surface area contributed by atoms with E-state index in [-0.39, 0.29) is 0 Å². The second-order valence-electron chi connectivity index (χ2n) is 2.66. The number of benzene rings is 1. The van der Waals surface area contributed by atoms with Gasteiger partial charge in [-0.2, -0.15) is 0 Å². The maximum Gasteiger partial charge on any atom is 0.337 e. The first-order valence-electron chi connectivity index (χ1n) is 3.63. The van der Waals surface area contributed by atoms with Crippen LogP contribution in [0.15, 0.2) is 10.5 Å². The Morgan fingerprint density at radius 1 is 1.47 bits per heavy atom. The SMILES string of the molecule is O=C(O)C(O)c1c(F)cc(O)c(Br)c1F. The normalized spacial score (nSPS) is 12.5. The summed E-state index contributed by atoms with van der Waals surface area (Å²) >= 11 is 2.59. The molecule has 0 bridgehead atoms. The third-order valence-electron chi connectivity index (χ3n) is 1.68. The zero-order chi connectivity index (χ0) is 11.7. The lowest BCUT2D eigenvalue weighted by Crippen LogP contribution is -2.14. The van der Waals surface area contributed by atoms with Gasteiger partial charge in [-0.1, -0.05) is 0 Å². The van der Waals surface area contributed by atoms with Crippen LogP contribution in [0.4, 0.5) is 8.78 Å². The van der Waals surface area contributed by atoms with Crippen LogP contribution < -0.4 is 0 Å². The highest BCUT2D eigenvalue weighted by molar-refractivity contribution is 9.10. The van der Waals surface area contributed by atoms with Crippen molar-refractivity contribution >= 4 is 21.9 Å². The first-order chi connectivity index (χ1) is 6.86. The van der Waals surface area contributed by atoms with E-state index in [0.29, 0.717) is 6.07 Å². The smallest absolute Gasteiger partial charge is 0.337 e. The molecular weight excluding hydrogens is 278 g/mol. The van der Waals surface area contributed by atoms with Gasteiger partial charge in [-0.15, -0.1) is 0 Å². The van der Waals surface area contributed by atoms with Crippen molar-refractivity contribution in [2.24, 2.45) is 0 Å². The van der Waals surface area contributed by atoms with E-state index in [1.807, 2.05) is 0 Å². The third-order valence-corrected chi connectivity index (χ3v) is 2.44. The van der Waals surface area contributed by atoms with Crippen molar-refractivity contribution in [3.05, 3.63) is 27.7 Å². The Labute approximate surface area is 90.9 Å². The number of phenolic OH excluding ortho intramolecular Hbond substituents is 1. The number of halogens is 3. The lowest BCUT2D eigenvalue weighted by atomic mass is 10.1. The van der Waals surface area contributed by atoms with E-state index >= 15 is 0 Å². The van der Waals surface area contributed by atoms with Gasteiger partial charge >= 0.3 is 5.97 Å². The number of aliphatic hydroxyl groups excluding tert-OH is 1. The standard InChI is InChI=1S/C8H5BrF2O4/c9-5-3(12)1-2(10)4(6(5)11)7(13)8(14)15/h1,7,12-13H,(H,14,15). The molecule has 1 aromatic carbocycles. The molecule has 0 radical (unpaired) electrons. The molecule has 1 atom stereocenters. The molecule has 0 spiro atoms. The van der Waals surface area contributed by atoms with Crippen molar-refractivity contribution in [3.8, 4) is 5.75 Å². The molecule has 3 N–H and O–H groups in total. The van der Waals surface area contributed by atoms with Crippen LogP contribution in [0.5, 0.6) is 5.75 Å². The molecule has 0 amide bonds. The molecular formula is C8H5BrF2O4. The molecule has 1 unspecified atom stereocenters. The minimum absolute atomic E-state index is 0.501. The molecule has 15 heavy (non-hydrogen) atoms. The largest absolute Gasteiger partial charge is 0.507 e. The minimum Gasteiger partial charge on any atom is -0.507 e. The van der Waals surface area contributed by atoms with E-state index in [9.17, 15) is 13.6 Å². The second-order valence-corrected chi connectivity index (χ2v) is 3.45. The first-order valence-corrected chi connectivity index (χ1v) is 4.42. The molecule has 0 fully saturated rings. The number of carboxylic acid groups (broad SMARTS) is 1. The number of phenols is 1. The van der Waals surface area contributed by atoms with E-state index < -0.39 is 39.5 Å². The lowest BCUT2D eigenvalue weighted by Gasteiger charge is -2.10. The van der Waals surface area contributed by atoms with Crippen LogP contribution in [-0.4, -0.2) is 21.3 Å². The Bertz CT molecular complexity index is 422. The molecule has 82 valence electrons. The Morgan fingerprint density at radius 2 is 2.00 bits per heavy atom. The van der Waals surface area contributed by atoms with Crippen LogP contribution in [0.1, 0.15) is 11.7 Å². The van der Waals surface area contributed by atoms with Gasteiger partial charge in [0.15, 0.2) is 6.10 Å².